The van der Waals surface area contributed by atoms with Crippen LogP contribution >= 0.6 is 0 Å². The largest absolute Gasteiger partial charge is 0.483 e. The highest BCUT2D eigenvalue weighted by Crippen LogP contribution is 2.42. The summed E-state index contributed by atoms with van der Waals surface area (Å²) in [4.78, 5) is 24.7. The van der Waals surface area contributed by atoms with Crippen LogP contribution in [-0.2, 0) is 11.3 Å². The second kappa shape index (κ2) is 5.98. The predicted molar refractivity (Wildman–Crippen MR) is 84.4 cm³/mol. The fourth-order valence-corrected chi connectivity index (χ4v) is 2.64. The maximum absolute atomic E-state index is 14.0. The Morgan fingerprint density at radius 3 is 2.68 bits per heavy atom. The lowest BCUT2D eigenvalue weighted by Gasteiger charge is -2.34. The molecule has 0 unspecified atom stereocenters. The molecule has 1 heterocycles. The van der Waals surface area contributed by atoms with E-state index in [2.05, 4.69) is 4.74 Å². The van der Waals surface area contributed by atoms with E-state index < -0.39 is 17.8 Å². The Morgan fingerprint density at radius 1 is 1.28 bits per heavy atom. The van der Waals surface area contributed by atoms with Crippen molar-refractivity contribution in [2.75, 3.05) is 4.90 Å². The quantitative estimate of drug-likeness (QED) is 0.803. The van der Waals surface area contributed by atoms with E-state index in [0.29, 0.717) is 11.1 Å². The number of halogens is 2. The minimum Gasteiger partial charge on any atom is -0.422 e. The van der Waals surface area contributed by atoms with Crippen molar-refractivity contribution in [2.45, 2.75) is 19.6 Å². The first-order valence-corrected chi connectivity index (χ1v) is 7.35. The molecular weight excluding hydrogens is 330 g/mol. The van der Waals surface area contributed by atoms with Gasteiger partial charge in [0, 0.05) is 0 Å². The number of ether oxygens (including phenoxy) is 1. The van der Waals surface area contributed by atoms with Gasteiger partial charge in [0.1, 0.15) is 0 Å². The van der Waals surface area contributed by atoms with Crippen molar-refractivity contribution >= 4 is 17.4 Å². The molecule has 1 aliphatic rings. The number of nitriles is 1. The molecule has 0 saturated heterocycles. The monoisotopic (exact) mass is 342 g/mol. The summed E-state index contributed by atoms with van der Waals surface area (Å²) in [6.07, 6.45) is -4.08. The number of rotatable bonds is 3. The number of para-hydroxylation sites is 1. The van der Waals surface area contributed by atoms with Gasteiger partial charge in [-0.05, 0) is 36.8 Å². The predicted octanol–water partition coefficient (Wildman–Crippen LogP) is 3.28. The second-order valence-corrected chi connectivity index (χ2v) is 5.53. The Morgan fingerprint density at radius 2 is 2.00 bits per heavy atom. The number of hydrogen-bond acceptors (Lipinski definition) is 4. The van der Waals surface area contributed by atoms with Gasteiger partial charge < -0.3 is 4.74 Å². The van der Waals surface area contributed by atoms with E-state index in [4.69, 9.17) is 5.26 Å². The molecule has 0 N–H and O–H groups in total. The molecule has 0 aromatic heterocycles. The highest BCUT2D eigenvalue weighted by molar-refractivity contribution is 6.05. The van der Waals surface area contributed by atoms with Crippen LogP contribution in [0.4, 0.5) is 14.5 Å². The van der Waals surface area contributed by atoms with Gasteiger partial charge in [0.25, 0.3) is 0 Å². The Labute approximate surface area is 142 Å². The van der Waals surface area contributed by atoms with Crippen LogP contribution in [0.2, 0.25) is 0 Å². The highest BCUT2D eigenvalue weighted by atomic mass is 19.3. The molecule has 0 saturated carbocycles. The standard InChI is InChI=1S/C18H12F2N2O3/c1-11(23)14-6-3-7-15-16(14)25-18(19,20)17(24)22(15)10-13-5-2-4-12(8-13)9-21/h2-8H,10H2,1H3. The van der Waals surface area contributed by atoms with Gasteiger partial charge in [-0.1, -0.05) is 18.2 Å². The summed E-state index contributed by atoms with van der Waals surface area (Å²) in [5.41, 5.74) is 0.915. The third-order valence-electron chi connectivity index (χ3n) is 3.79. The van der Waals surface area contributed by atoms with Gasteiger partial charge in [0.15, 0.2) is 11.5 Å². The third-order valence-corrected chi connectivity index (χ3v) is 3.79. The minimum atomic E-state index is -4.08. The van der Waals surface area contributed by atoms with Crippen molar-refractivity contribution in [3.8, 4) is 11.8 Å². The van der Waals surface area contributed by atoms with Gasteiger partial charge >= 0.3 is 12.0 Å². The van der Waals surface area contributed by atoms with Crippen molar-refractivity contribution in [2.24, 2.45) is 0 Å². The molecule has 126 valence electrons. The topological polar surface area (TPSA) is 70.4 Å². The summed E-state index contributed by atoms with van der Waals surface area (Å²) in [5, 5.41) is 8.95. The van der Waals surface area contributed by atoms with Crippen LogP contribution in [-0.4, -0.2) is 17.8 Å². The first-order valence-electron chi connectivity index (χ1n) is 7.35. The maximum atomic E-state index is 14.0. The average molecular weight is 342 g/mol. The molecule has 3 rings (SSSR count). The van der Waals surface area contributed by atoms with Crippen LogP contribution < -0.4 is 9.64 Å². The number of alkyl halides is 2. The highest BCUT2D eigenvalue weighted by Gasteiger charge is 2.51. The molecular formula is C18H12F2N2O3. The molecule has 1 amide bonds. The van der Waals surface area contributed by atoms with Crippen molar-refractivity contribution < 1.29 is 23.1 Å². The first-order chi connectivity index (χ1) is 11.8. The lowest BCUT2D eigenvalue weighted by atomic mass is 10.1. The maximum Gasteiger partial charge on any atom is 0.483 e. The minimum absolute atomic E-state index is 0.0274. The van der Waals surface area contributed by atoms with Crippen LogP contribution in [0.25, 0.3) is 0 Å². The van der Waals surface area contributed by atoms with Crippen LogP contribution in [0.5, 0.6) is 5.75 Å². The first kappa shape index (κ1) is 16.6. The zero-order chi connectivity index (χ0) is 18.2. The molecule has 25 heavy (non-hydrogen) atoms. The zero-order valence-electron chi connectivity index (χ0n) is 13.1. The van der Waals surface area contributed by atoms with Gasteiger partial charge in [0.2, 0.25) is 0 Å². The number of hydrogen-bond donors (Lipinski definition) is 0. The summed E-state index contributed by atoms with van der Waals surface area (Å²) < 4.78 is 32.6. The lowest BCUT2D eigenvalue weighted by molar-refractivity contribution is -0.193. The molecule has 0 fully saturated rings. The van der Waals surface area contributed by atoms with Gasteiger partial charge in [-0.25, -0.2) is 0 Å². The zero-order valence-corrected chi connectivity index (χ0v) is 13.1. The number of benzene rings is 2. The van der Waals surface area contributed by atoms with E-state index in [-0.39, 0.29) is 23.5 Å². The van der Waals surface area contributed by atoms with Crippen molar-refractivity contribution in [1.82, 2.24) is 0 Å². The molecule has 7 heteroatoms. The fourth-order valence-electron chi connectivity index (χ4n) is 2.64. The van der Waals surface area contributed by atoms with Crippen LogP contribution in [0, 0.1) is 11.3 Å². The summed E-state index contributed by atoms with van der Waals surface area (Å²) in [5.74, 6) is -2.30. The summed E-state index contributed by atoms with van der Waals surface area (Å²) in [7, 11) is 0. The van der Waals surface area contributed by atoms with E-state index in [1.807, 2.05) is 6.07 Å². The van der Waals surface area contributed by atoms with Crippen LogP contribution in [0.1, 0.15) is 28.4 Å². The average Bonchev–Trinajstić information content (AvgIpc) is 2.58. The van der Waals surface area contributed by atoms with Gasteiger partial charge in [-0.3, -0.25) is 14.5 Å². The molecule has 2 aromatic carbocycles. The number of fused-ring (bicyclic) bond motifs is 1. The lowest BCUT2D eigenvalue weighted by Crippen LogP contribution is -2.50. The van der Waals surface area contributed by atoms with E-state index >= 15 is 0 Å². The number of Topliss-reactive ketones (excluding diaryl/α,β-unsaturated/α-hetero) is 1. The molecule has 5 nitrogen and oxygen atoms in total. The number of nitrogens with zero attached hydrogens (tertiary/aromatic N) is 2. The number of anilines is 1. The molecule has 0 aliphatic carbocycles. The Balaban J connectivity index is 2.10. The van der Waals surface area contributed by atoms with Crippen LogP contribution in [0.3, 0.4) is 0 Å². The summed E-state index contributed by atoms with van der Waals surface area (Å²) >= 11 is 0. The van der Waals surface area contributed by atoms with E-state index in [9.17, 15) is 18.4 Å². The SMILES string of the molecule is CC(=O)c1cccc2c1OC(F)(F)C(=O)N2Cc1cccc(C#N)c1. The number of ketones is 1. The number of carbonyl (C=O) groups excluding carboxylic acids is 2. The van der Waals surface area contributed by atoms with E-state index in [1.165, 1.54) is 31.2 Å². The Bertz CT molecular complexity index is 919. The Hall–Kier alpha value is -3.27. The molecule has 0 atom stereocenters. The Kier molecular flexibility index (Phi) is 3.97. The second-order valence-electron chi connectivity index (χ2n) is 5.53. The van der Waals surface area contributed by atoms with Gasteiger partial charge in [0.05, 0.1) is 29.4 Å². The molecule has 0 spiro atoms. The molecule has 1 aliphatic heterocycles. The van der Waals surface area contributed by atoms with Crippen LogP contribution in [0.15, 0.2) is 42.5 Å². The van der Waals surface area contributed by atoms with Gasteiger partial charge in [-0.2, -0.15) is 14.0 Å². The molecule has 2 aromatic rings. The third kappa shape index (κ3) is 2.94. The van der Waals surface area contributed by atoms with E-state index in [1.54, 1.807) is 18.2 Å². The smallest absolute Gasteiger partial charge is 0.422 e. The van der Waals surface area contributed by atoms with Crippen molar-refractivity contribution in [1.29, 1.82) is 5.26 Å². The molecule has 0 bridgehead atoms. The van der Waals surface area contributed by atoms with E-state index in [0.717, 1.165) is 4.90 Å². The normalized spacial score (nSPS) is 15.1. The van der Waals surface area contributed by atoms with Crippen molar-refractivity contribution in [3.63, 3.8) is 0 Å². The fraction of sp³-hybridized carbons (Fsp3) is 0.167. The van der Waals surface area contributed by atoms with Crippen molar-refractivity contribution in [3.05, 3.63) is 59.2 Å². The summed E-state index contributed by atoms with van der Waals surface area (Å²) in [6.45, 7) is 1.05. The number of amides is 1. The van der Waals surface area contributed by atoms with Gasteiger partial charge in [-0.15, -0.1) is 0 Å². The summed E-state index contributed by atoms with van der Waals surface area (Å²) in [6, 6.07) is 12.5. The molecule has 0 radical (unpaired) electrons. The number of carbonyl (C=O) groups is 2.